The van der Waals surface area contributed by atoms with Gasteiger partial charge in [-0.3, -0.25) is 0 Å². The van der Waals surface area contributed by atoms with E-state index in [4.69, 9.17) is 9.47 Å². The maximum absolute atomic E-state index is 12.2. The van der Waals surface area contributed by atoms with Crippen molar-refractivity contribution in [3.8, 4) is 5.75 Å². The Hall–Kier alpha value is -2.58. The molecule has 8 heteroatoms. The zero-order chi connectivity index (χ0) is 21.8. The van der Waals surface area contributed by atoms with E-state index in [1.807, 2.05) is 36.4 Å². The summed E-state index contributed by atoms with van der Waals surface area (Å²) in [7, 11) is -3.37. The average Bonchev–Trinajstić information content (AvgIpc) is 2.64. The van der Waals surface area contributed by atoms with Crippen LogP contribution < -0.4 is 9.46 Å². The molecule has 30 heavy (non-hydrogen) atoms. The molecule has 3 rings (SSSR count). The van der Waals surface area contributed by atoms with Crippen LogP contribution in [-0.4, -0.2) is 51.6 Å². The van der Waals surface area contributed by atoms with Gasteiger partial charge in [-0.2, -0.15) is 4.72 Å². The summed E-state index contributed by atoms with van der Waals surface area (Å²) in [6.45, 7) is 4.86. The summed E-state index contributed by atoms with van der Waals surface area (Å²) in [5, 5.41) is 0. The largest absolute Gasteiger partial charge is 0.475 e. The van der Waals surface area contributed by atoms with Crippen LogP contribution in [0.4, 0.5) is 4.79 Å². The number of nitrogens with one attached hydrogen (secondary N) is 1. The van der Waals surface area contributed by atoms with Gasteiger partial charge >= 0.3 is 6.09 Å². The zero-order valence-electron chi connectivity index (χ0n) is 17.5. The number of hydrogen-bond donors (Lipinski definition) is 1. The first kappa shape index (κ1) is 22.1. The van der Waals surface area contributed by atoms with Crippen LogP contribution in [0.2, 0.25) is 0 Å². The lowest BCUT2D eigenvalue weighted by Gasteiger charge is -2.50. The van der Waals surface area contributed by atoms with Gasteiger partial charge in [0.25, 0.3) is 0 Å². The smallest absolute Gasteiger partial charge is 0.409 e. The second-order valence-corrected chi connectivity index (χ2v) is 9.46. The highest BCUT2D eigenvalue weighted by Gasteiger charge is 2.47. The van der Waals surface area contributed by atoms with Crippen LogP contribution in [0.1, 0.15) is 25.0 Å². The summed E-state index contributed by atoms with van der Waals surface area (Å²) < 4.78 is 36.2. The highest BCUT2D eigenvalue weighted by atomic mass is 32.2. The van der Waals surface area contributed by atoms with Crippen LogP contribution in [0.5, 0.6) is 5.75 Å². The van der Waals surface area contributed by atoms with E-state index in [9.17, 15) is 13.2 Å². The predicted octanol–water partition coefficient (Wildman–Crippen LogP) is 2.91. The molecule has 0 spiro atoms. The normalized spacial score (nSPS) is 16.4. The number of sulfonamides is 1. The van der Waals surface area contributed by atoms with Gasteiger partial charge in [0.1, 0.15) is 5.75 Å². The molecule has 0 radical (unpaired) electrons. The Morgan fingerprint density at radius 3 is 2.50 bits per heavy atom. The molecule has 0 aliphatic carbocycles. The van der Waals surface area contributed by atoms with Crippen molar-refractivity contribution in [3.63, 3.8) is 0 Å². The van der Waals surface area contributed by atoms with Gasteiger partial charge in [0, 0.05) is 18.5 Å². The third-order valence-electron chi connectivity index (χ3n) is 5.04. The molecule has 2 aromatic carbocycles. The van der Waals surface area contributed by atoms with E-state index in [1.165, 1.54) is 5.56 Å². The summed E-state index contributed by atoms with van der Waals surface area (Å²) in [5.74, 6) is 0.568. The van der Waals surface area contributed by atoms with Gasteiger partial charge < -0.3 is 14.4 Å². The quantitative estimate of drug-likeness (QED) is 0.649. The first-order valence-electron chi connectivity index (χ1n) is 9.91. The van der Waals surface area contributed by atoms with Crippen molar-refractivity contribution in [2.75, 3.05) is 26.0 Å². The number of amides is 1. The summed E-state index contributed by atoms with van der Waals surface area (Å²) in [4.78, 5) is 13.9. The number of nitrogens with zero attached hydrogens (tertiary/aromatic N) is 1. The van der Waals surface area contributed by atoms with E-state index in [2.05, 4.69) is 16.9 Å². The molecule has 0 aromatic heterocycles. The highest BCUT2D eigenvalue weighted by molar-refractivity contribution is 7.88. The Labute approximate surface area is 178 Å². The number of hydrogen-bond acceptors (Lipinski definition) is 5. The Bertz CT molecular complexity index is 972. The lowest BCUT2D eigenvalue weighted by molar-refractivity contribution is 0.0391. The monoisotopic (exact) mass is 432 g/mol. The van der Waals surface area contributed by atoms with E-state index in [0.29, 0.717) is 25.4 Å². The number of carbonyl (C=O) groups is 1. The van der Waals surface area contributed by atoms with Crippen molar-refractivity contribution >= 4 is 16.1 Å². The standard InChI is InChI=1S/C22H28N2O5S/c1-4-28-21(25)24-15-22(16-24,14-18-9-6-5-7-10-18)19-11-8-12-20(13-19)29-17(2)23-30(3,26)27/h5-13,17,23H,4,14-16H2,1-3H3. The van der Waals surface area contributed by atoms with Crippen molar-refractivity contribution in [3.05, 3.63) is 65.7 Å². The lowest BCUT2D eigenvalue weighted by Crippen LogP contribution is -2.62. The average molecular weight is 433 g/mol. The number of likely N-dealkylation sites (tertiary alicyclic amines) is 1. The van der Waals surface area contributed by atoms with E-state index in [-0.39, 0.29) is 11.5 Å². The Balaban J connectivity index is 1.83. The van der Waals surface area contributed by atoms with Gasteiger partial charge in [-0.25, -0.2) is 13.2 Å². The molecule has 0 saturated carbocycles. The molecule has 0 bridgehead atoms. The second-order valence-electron chi connectivity index (χ2n) is 7.68. The van der Waals surface area contributed by atoms with Gasteiger partial charge in [0.15, 0.2) is 6.23 Å². The van der Waals surface area contributed by atoms with Crippen LogP contribution in [0, 0.1) is 0 Å². The van der Waals surface area contributed by atoms with Crippen molar-refractivity contribution in [2.45, 2.75) is 31.9 Å². The fourth-order valence-corrected chi connectivity index (χ4v) is 4.49. The topological polar surface area (TPSA) is 84.9 Å². The summed E-state index contributed by atoms with van der Waals surface area (Å²) in [5.41, 5.74) is 1.96. The van der Waals surface area contributed by atoms with E-state index < -0.39 is 16.3 Å². The Morgan fingerprint density at radius 2 is 1.87 bits per heavy atom. The van der Waals surface area contributed by atoms with Crippen molar-refractivity contribution in [1.29, 1.82) is 0 Å². The summed E-state index contributed by atoms with van der Waals surface area (Å²) in [6, 6.07) is 17.8. The van der Waals surface area contributed by atoms with Crippen LogP contribution in [0.15, 0.2) is 54.6 Å². The highest BCUT2D eigenvalue weighted by Crippen LogP contribution is 2.39. The number of ether oxygens (including phenoxy) is 2. The molecule has 162 valence electrons. The fourth-order valence-electron chi connectivity index (χ4n) is 3.84. The van der Waals surface area contributed by atoms with Gasteiger partial charge in [-0.05, 0) is 43.5 Å². The molecule has 1 aliphatic rings. The molecule has 1 amide bonds. The number of rotatable bonds is 8. The minimum atomic E-state index is -3.37. The first-order valence-corrected chi connectivity index (χ1v) is 11.8. The van der Waals surface area contributed by atoms with Crippen LogP contribution in [0.3, 0.4) is 0 Å². The Morgan fingerprint density at radius 1 is 1.17 bits per heavy atom. The van der Waals surface area contributed by atoms with E-state index >= 15 is 0 Å². The molecular weight excluding hydrogens is 404 g/mol. The van der Waals surface area contributed by atoms with Crippen LogP contribution >= 0.6 is 0 Å². The number of carbonyl (C=O) groups excluding carboxylic acids is 1. The van der Waals surface area contributed by atoms with Gasteiger partial charge in [0.2, 0.25) is 10.0 Å². The first-order chi connectivity index (χ1) is 14.2. The molecule has 1 heterocycles. The van der Waals surface area contributed by atoms with Gasteiger partial charge in [-0.1, -0.05) is 42.5 Å². The van der Waals surface area contributed by atoms with Crippen LogP contribution in [-0.2, 0) is 26.6 Å². The SMILES string of the molecule is CCOC(=O)N1CC(Cc2ccccc2)(c2cccc(OC(C)NS(C)(=O)=O)c2)C1. The van der Waals surface area contributed by atoms with Crippen molar-refractivity contribution in [1.82, 2.24) is 9.62 Å². The molecule has 1 unspecified atom stereocenters. The predicted molar refractivity (Wildman–Crippen MR) is 115 cm³/mol. The molecule has 7 nitrogen and oxygen atoms in total. The van der Waals surface area contributed by atoms with Gasteiger partial charge in [0.05, 0.1) is 12.9 Å². The minimum Gasteiger partial charge on any atom is -0.475 e. The van der Waals surface area contributed by atoms with Gasteiger partial charge in [-0.15, -0.1) is 0 Å². The van der Waals surface area contributed by atoms with Crippen molar-refractivity contribution < 1.29 is 22.7 Å². The third-order valence-corrected chi connectivity index (χ3v) is 5.80. The molecular formula is C22H28N2O5S. The maximum Gasteiger partial charge on any atom is 0.409 e. The molecule has 1 N–H and O–H groups in total. The molecule has 2 aromatic rings. The second kappa shape index (κ2) is 9.06. The van der Waals surface area contributed by atoms with Crippen molar-refractivity contribution in [2.24, 2.45) is 0 Å². The zero-order valence-corrected chi connectivity index (χ0v) is 18.3. The summed E-state index contributed by atoms with van der Waals surface area (Å²) in [6.07, 6.45) is 0.859. The molecule has 1 saturated heterocycles. The lowest BCUT2D eigenvalue weighted by atomic mass is 9.69. The van der Waals surface area contributed by atoms with E-state index in [1.54, 1.807) is 24.8 Å². The fraction of sp³-hybridized carbons (Fsp3) is 0.409. The summed E-state index contributed by atoms with van der Waals surface area (Å²) >= 11 is 0. The molecule has 1 fully saturated rings. The molecule has 1 atom stereocenters. The third kappa shape index (κ3) is 5.52. The molecule has 1 aliphatic heterocycles. The van der Waals surface area contributed by atoms with E-state index in [0.717, 1.165) is 18.2 Å². The van der Waals surface area contributed by atoms with Crippen LogP contribution in [0.25, 0.3) is 0 Å². The minimum absolute atomic E-state index is 0.263. The maximum atomic E-state index is 12.2. The number of benzene rings is 2. The Kier molecular flexibility index (Phi) is 6.67.